The fraction of sp³-hybridized carbons (Fsp3) is 0.381. The summed E-state index contributed by atoms with van der Waals surface area (Å²) in [5.41, 5.74) is 4.12. The van der Waals surface area contributed by atoms with E-state index in [4.69, 9.17) is 0 Å². The minimum absolute atomic E-state index is 0.0214. The van der Waals surface area contributed by atoms with E-state index in [1.165, 1.54) is 18.4 Å². The number of nitrogens with zero attached hydrogens (tertiary/aromatic N) is 3. The van der Waals surface area contributed by atoms with Gasteiger partial charge in [0.25, 0.3) is 0 Å². The molecule has 136 valence electrons. The van der Waals surface area contributed by atoms with Crippen LogP contribution in [-0.4, -0.2) is 20.9 Å². The van der Waals surface area contributed by atoms with E-state index in [0.29, 0.717) is 0 Å². The van der Waals surface area contributed by atoms with Gasteiger partial charge in [-0.25, -0.2) is 0 Å². The third-order valence-electron chi connectivity index (χ3n) is 4.31. The Morgan fingerprint density at radius 3 is 2.38 bits per heavy atom. The van der Waals surface area contributed by atoms with Crippen LogP contribution < -0.4 is 5.32 Å². The molecule has 0 bridgehead atoms. The summed E-state index contributed by atoms with van der Waals surface area (Å²) in [7, 11) is 0. The van der Waals surface area contributed by atoms with Crippen molar-refractivity contribution in [1.82, 2.24) is 15.0 Å². The van der Waals surface area contributed by atoms with Gasteiger partial charge in [-0.1, -0.05) is 46.2 Å². The molecule has 0 spiro atoms. The van der Waals surface area contributed by atoms with Gasteiger partial charge in [0.15, 0.2) is 0 Å². The van der Waals surface area contributed by atoms with Gasteiger partial charge in [0, 0.05) is 11.1 Å². The molecule has 0 aliphatic carbocycles. The quantitative estimate of drug-likeness (QED) is 0.722. The van der Waals surface area contributed by atoms with Crippen LogP contribution in [0.4, 0.5) is 5.69 Å². The summed E-state index contributed by atoms with van der Waals surface area (Å²) in [6.07, 6.45) is 3.50. The summed E-state index contributed by atoms with van der Waals surface area (Å²) in [5.74, 6) is -0.0214. The normalized spacial score (nSPS) is 11.7. The van der Waals surface area contributed by atoms with E-state index in [1.54, 1.807) is 4.80 Å². The average Bonchev–Trinajstić information content (AvgIpc) is 3.03. The zero-order chi connectivity index (χ0) is 18.7. The molecule has 1 amide bonds. The van der Waals surface area contributed by atoms with E-state index in [1.807, 2.05) is 51.1 Å². The van der Waals surface area contributed by atoms with Gasteiger partial charge in [0.05, 0.1) is 5.69 Å². The van der Waals surface area contributed by atoms with Gasteiger partial charge in [0.1, 0.15) is 11.0 Å². The number of fused-ring (bicyclic) bond motifs is 1. The van der Waals surface area contributed by atoms with E-state index >= 15 is 0 Å². The number of aryl methyl sites for hydroxylation is 1. The lowest BCUT2D eigenvalue weighted by Crippen LogP contribution is -2.27. The number of nitrogens with one attached hydrogen (secondary N) is 1. The van der Waals surface area contributed by atoms with Gasteiger partial charge in [-0.2, -0.15) is 4.80 Å². The van der Waals surface area contributed by atoms with Gasteiger partial charge in [-0.05, 0) is 48.7 Å². The van der Waals surface area contributed by atoms with Crippen molar-refractivity contribution in [3.63, 3.8) is 0 Å². The maximum Gasteiger partial charge on any atom is 0.229 e. The first-order chi connectivity index (χ1) is 12.4. The lowest BCUT2D eigenvalue weighted by molar-refractivity contribution is -0.123. The van der Waals surface area contributed by atoms with E-state index in [2.05, 4.69) is 34.6 Å². The largest absolute Gasteiger partial charge is 0.326 e. The fourth-order valence-electron chi connectivity index (χ4n) is 2.60. The first-order valence-corrected chi connectivity index (χ1v) is 9.15. The van der Waals surface area contributed by atoms with Crippen LogP contribution in [0.15, 0.2) is 42.5 Å². The Kier molecular flexibility index (Phi) is 5.07. The highest BCUT2D eigenvalue weighted by molar-refractivity contribution is 5.96. The van der Waals surface area contributed by atoms with E-state index in [0.717, 1.165) is 28.8 Å². The number of rotatable bonds is 5. The predicted molar refractivity (Wildman–Crippen MR) is 106 cm³/mol. The minimum Gasteiger partial charge on any atom is -0.326 e. The molecule has 0 aliphatic rings. The molecule has 2 aromatic carbocycles. The summed E-state index contributed by atoms with van der Waals surface area (Å²) in [5, 5.41) is 12.0. The molecule has 0 saturated heterocycles. The van der Waals surface area contributed by atoms with Crippen LogP contribution in [0, 0.1) is 5.41 Å². The minimum atomic E-state index is -0.438. The molecule has 1 N–H and O–H groups in total. The molecule has 5 heteroatoms. The number of hydrogen-bond donors (Lipinski definition) is 1. The van der Waals surface area contributed by atoms with E-state index < -0.39 is 5.41 Å². The Balaban J connectivity index is 1.82. The lowest BCUT2D eigenvalue weighted by atomic mass is 9.95. The van der Waals surface area contributed by atoms with E-state index in [9.17, 15) is 4.79 Å². The Hall–Kier alpha value is -2.69. The second-order valence-electron chi connectivity index (χ2n) is 7.67. The molecule has 1 heterocycles. The third-order valence-corrected chi connectivity index (χ3v) is 4.31. The number of carbonyl (C=O) groups excluding carboxylic acids is 1. The van der Waals surface area contributed by atoms with Gasteiger partial charge in [-0.15, -0.1) is 10.2 Å². The zero-order valence-corrected chi connectivity index (χ0v) is 15.9. The van der Waals surface area contributed by atoms with Crippen molar-refractivity contribution in [1.29, 1.82) is 0 Å². The Morgan fingerprint density at radius 2 is 1.73 bits per heavy atom. The van der Waals surface area contributed by atoms with Crippen LogP contribution >= 0.6 is 0 Å². The van der Waals surface area contributed by atoms with Crippen molar-refractivity contribution in [2.24, 2.45) is 5.41 Å². The first kappa shape index (κ1) is 18.1. The molecule has 0 radical (unpaired) electrons. The van der Waals surface area contributed by atoms with Crippen molar-refractivity contribution in [2.45, 2.75) is 47.0 Å². The smallest absolute Gasteiger partial charge is 0.229 e. The standard InChI is InChI=1S/C21H26N4O/c1-5-6-7-15-8-11-17(12-9-15)25-23-18-13-10-16(14-19(18)24-25)22-20(26)21(2,3)4/h8-14H,5-7H2,1-4H3,(H,22,26). The summed E-state index contributed by atoms with van der Waals surface area (Å²) in [6, 6.07) is 14.0. The molecule has 0 saturated carbocycles. The second-order valence-corrected chi connectivity index (χ2v) is 7.67. The SMILES string of the molecule is CCCCc1ccc(-n2nc3ccc(NC(=O)C(C)(C)C)cc3n2)cc1. The molecule has 3 rings (SSSR count). The molecule has 1 aromatic heterocycles. The lowest BCUT2D eigenvalue weighted by Gasteiger charge is -2.17. The molecule has 0 fully saturated rings. The number of aromatic nitrogens is 3. The average molecular weight is 350 g/mol. The number of carbonyl (C=O) groups is 1. The zero-order valence-electron chi connectivity index (χ0n) is 15.9. The summed E-state index contributed by atoms with van der Waals surface area (Å²) >= 11 is 0. The highest BCUT2D eigenvalue weighted by Gasteiger charge is 2.21. The highest BCUT2D eigenvalue weighted by atomic mass is 16.2. The summed E-state index contributed by atoms with van der Waals surface area (Å²) < 4.78 is 0. The van der Waals surface area contributed by atoms with Crippen LogP contribution in [0.1, 0.15) is 46.1 Å². The van der Waals surface area contributed by atoms with Crippen molar-refractivity contribution in [2.75, 3.05) is 5.32 Å². The van der Waals surface area contributed by atoms with Crippen molar-refractivity contribution < 1.29 is 4.79 Å². The topological polar surface area (TPSA) is 59.8 Å². The van der Waals surface area contributed by atoms with Crippen LogP contribution in [0.3, 0.4) is 0 Å². The Labute approximate surface area is 154 Å². The first-order valence-electron chi connectivity index (χ1n) is 9.15. The Bertz CT molecular complexity index is 904. The van der Waals surface area contributed by atoms with Crippen LogP contribution in [0.25, 0.3) is 16.7 Å². The number of hydrogen-bond acceptors (Lipinski definition) is 3. The van der Waals surface area contributed by atoms with Gasteiger partial charge in [0.2, 0.25) is 5.91 Å². The molecular formula is C21H26N4O. The Morgan fingerprint density at radius 1 is 1.04 bits per heavy atom. The fourth-order valence-corrected chi connectivity index (χ4v) is 2.60. The van der Waals surface area contributed by atoms with Crippen LogP contribution in [0.2, 0.25) is 0 Å². The van der Waals surface area contributed by atoms with Gasteiger partial charge < -0.3 is 5.32 Å². The summed E-state index contributed by atoms with van der Waals surface area (Å²) in [4.78, 5) is 13.8. The van der Waals surface area contributed by atoms with Crippen molar-refractivity contribution >= 4 is 22.6 Å². The maximum absolute atomic E-state index is 12.2. The van der Waals surface area contributed by atoms with E-state index in [-0.39, 0.29) is 5.91 Å². The highest BCUT2D eigenvalue weighted by Crippen LogP contribution is 2.21. The third kappa shape index (κ3) is 4.10. The maximum atomic E-state index is 12.2. The molecular weight excluding hydrogens is 324 g/mol. The number of amides is 1. The van der Waals surface area contributed by atoms with Crippen molar-refractivity contribution in [3.05, 3.63) is 48.0 Å². The molecule has 26 heavy (non-hydrogen) atoms. The monoisotopic (exact) mass is 350 g/mol. The number of anilines is 1. The molecule has 3 aromatic rings. The van der Waals surface area contributed by atoms with Gasteiger partial charge in [-0.3, -0.25) is 4.79 Å². The summed E-state index contributed by atoms with van der Waals surface area (Å²) in [6.45, 7) is 7.87. The van der Waals surface area contributed by atoms with Crippen LogP contribution in [0.5, 0.6) is 0 Å². The molecule has 0 aliphatic heterocycles. The van der Waals surface area contributed by atoms with Gasteiger partial charge >= 0.3 is 0 Å². The second kappa shape index (κ2) is 7.28. The molecule has 0 atom stereocenters. The molecule has 5 nitrogen and oxygen atoms in total. The molecule has 0 unspecified atom stereocenters. The number of benzene rings is 2. The van der Waals surface area contributed by atoms with Crippen molar-refractivity contribution in [3.8, 4) is 5.69 Å². The van der Waals surface area contributed by atoms with Crippen LogP contribution in [-0.2, 0) is 11.2 Å². The predicted octanol–water partition coefficient (Wildman–Crippen LogP) is 4.75. The number of unbranched alkanes of at least 4 members (excludes halogenated alkanes) is 1.